The molecule has 1 aromatic carbocycles. The molecule has 1 heterocycles. The molecule has 0 saturated carbocycles. The van der Waals surface area contributed by atoms with Gasteiger partial charge in [-0.15, -0.1) is 0 Å². The smallest absolute Gasteiger partial charge is 0.245 e. The van der Waals surface area contributed by atoms with Gasteiger partial charge >= 0.3 is 0 Å². The van der Waals surface area contributed by atoms with Crippen molar-refractivity contribution in [2.75, 3.05) is 18.5 Å². The molecule has 0 bridgehead atoms. The molecule has 0 aromatic heterocycles. The lowest BCUT2D eigenvalue weighted by molar-refractivity contribution is -0.116. The lowest BCUT2D eigenvalue weighted by Gasteiger charge is -2.16. The highest BCUT2D eigenvalue weighted by Gasteiger charge is 2.28. The number of benzene rings is 1. The van der Waals surface area contributed by atoms with Crippen molar-refractivity contribution in [3.8, 4) is 5.75 Å². The SMILES string of the molecule is CCOCC(C)Oc1cc2c(cc1Br)C(N)C(=O)N2. The van der Waals surface area contributed by atoms with Crippen molar-refractivity contribution in [2.24, 2.45) is 5.73 Å². The zero-order valence-corrected chi connectivity index (χ0v) is 12.5. The summed E-state index contributed by atoms with van der Waals surface area (Å²) in [5.41, 5.74) is 7.27. The van der Waals surface area contributed by atoms with Gasteiger partial charge in [0.05, 0.1) is 11.1 Å². The Hall–Kier alpha value is -1.11. The first-order valence-electron chi connectivity index (χ1n) is 6.17. The van der Waals surface area contributed by atoms with Crippen molar-refractivity contribution < 1.29 is 14.3 Å². The van der Waals surface area contributed by atoms with Gasteiger partial charge in [0.15, 0.2) is 0 Å². The highest BCUT2D eigenvalue weighted by Crippen LogP contribution is 2.38. The van der Waals surface area contributed by atoms with Gasteiger partial charge in [-0.1, -0.05) is 0 Å². The summed E-state index contributed by atoms with van der Waals surface area (Å²) in [6.45, 7) is 5.05. The molecule has 1 aliphatic rings. The molecular weight excluding hydrogens is 312 g/mol. The Bertz CT molecular complexity index is 493. The molecule has 0 aliphatic carbocycles. The fraction of sp³-hybridized carbons (Fsp3) is 0.462. The molecule has 2 rings (SSSR count). The second-order valence-corrected chi connectivity index (χ2v) is 5.28. The molecule has 5 nitrogen and oxygen atoms in total. The van der Waals surface area contributed by atoms with Gasteiger partial charge in [-0.2, -0.15) is 0 Å². The van der Waals surface area contributed by atoms with Gasteiger partial charge in [0, 0.05) is 23.9 Å². The van der Waals surface area contributed by atoms with Crippen molar-refractivity contribution in [3.63, 3.8) is 0 Å². The van der Waals surface area contributed by atoms with E-state index in [1.165, 1.54) is 0 Å². The van der Waals surface area contributed by atoms with E-state index >= 15 is 0 Å². The van der Waals surface area contributed by atoms with Crippen molar-refractivity contribution in [1.82, 2.24) is 0 Å². The zero-order chi connectivity index (χ0) is 14.0. The summed E-state index contributed by atoms with van der Waals surface area (Å²) in [5.74, 6) is 0.474. The minimum Gasteiger partial charge on any atom is -0.487 e. The van der Waals surface area contributed by atoms with Gasteiger partial charge < -0.3 is 20.5 Å². The summed E-state index contributed by atoms with van der Waals surface area (Å²) in [7, 11) is 0. The monoisotopic (exact) mass is 328 g/mol. The lowest BCUT2D eigenvalue weighted by atomic mass is 10.1. The van der Waals surface area contributed by atoms with Crippen molar-refractivity contribution in [2.45, 2.75) is 26.0 Å². The Labute approximate surface area is 120 Å². The van der Waals surface area contributed by atoms with Gasteiger partial charge in [0.1, 0.15) is 17.9 Å². The first kappa shape index (κ1) is 14.3. The van der Waals surface area contributed by atoms with E-state index in [0.29, 0.717) is 24.7 Å². The number of amides is 1. The van der Waals surface area contributed by atoms with Crippen molar-refractivity contribution in [1.29, 1.82) is 0 Å². The van der Waals surface area contributed by atoms with Crippen LogP contribution in [0.5, 0.6) is 5.75 Å². The number of rotatable bonds is 5. The third kappa shape index (κ3) is 3.08. The van der Waals surface area contributed by atoms with Crippen LogP contribution in [0, 0.1) is 0 Å². The van der Waals surface area contributed by atoms with Crippen molar-refractivity contribution >= 4 is 27.5 Å². The fourth-order valence-electron chi connectivity index (χ4n) is 1.91. The van der Waals surface area contributed by atoms with Crippen LogP contribution >= 0.6 is 15.9 Å². The van der Waals surface area contributed by atoms with Crippen LogP contribution in [-0.2, 0) is 9.53 Å². The molecule has 0 saturated heterocycles. The quantitative estimate of drug-likeness (QED) is 0.869. The van der Waals surface area contributed by atoms with E-state index in [9.17, 15) is 4.79 Å². The maximum atomic E-state index is 11.5. The first-order valence-corrected chi connectivity index (χ1v) is 6.96. The second-order valence-electron chi connectivity index (χ2n) is 4.42. The molecule has 0 radical (unpaired) electrons. The highest BCUT2D eigenvalue weighted by molar-refractivity contribution is 9.10. The third-order valence-electron chi connectivity index (χ3n) is 2.86. The molecule has 0 fully saturated rings. The summed E-state index contributed by atoms with van der Waals surface area (Å²) < 4.78 is 11.9. The predicted octanol–water partition coefficient (Wildman–Crippen LogP) is 2.20. The van der Waals surface area contributed by atoms with Gasteiger partial charge in [0.2, 0.25) is 5.91 Å². The standard InChI is InChI=1S/C13H17BrN2O3/c1-3-18-6-7(2)19-11-5-10-8(4-9(11)14)12(15)13(17)16-10/h4-5,7,12H,3,6,15H2,1-2H3,(H,16,17). The summed E-state index contributed by atoms with van der Waals surface area (Å²) in [4.78, 5) is 11.5. The van der Waals surface area contributed by atoms with Crippen LogP contribution in [0.4, 0.5) is 5.69 Å². The molecule has 1 aliphatic heterocycles. The summed E-state index contributed by atoms with van der Waals surface area (Å²) in [5, 5.41) is 2.74. The molecule has 6 heteroatoms. The minimum absolute atomic E-state index is 0.0694. The number of ether oxygens (including phenoxy) is 2. The number of nitrogens with two attached hydrogens (primary N) is 1. The van der Waals surface area contributed by atoms with Crippen LogP contribution in [0.15, 0.2) is 16.6 Å². The number of nitrogens with one attached hydrogen (secondary N) is 1. The van der Waals surface area contributed by atoms with Gasteiger partial charge in [-0.3, -0.25) is 4.79 Å². The van der Waals surface area contributed by atoms with E-state index in [1.807, 2.05) is 19.9 Å². The summed E-state index contributed by atoms with van der Waals surface area (Å²) >= 11 is 3.43. The Morgan fingerprint density at radius 3 is 2.95 bits per heavy atom. The Morgan fingerprint density at radius 2 is 2.26 bits per heavy atom. The maximum Gasteiger partial charge on any atom is 0.245 e. The lowest BCUT2D eigenvalue weighted by Crippen LogP contribution is -2.19. The number of carbonyl (C=O) groups is 1. The largest absolute Gasteiger partial charge is 0.487 e. The number of hydrogen-bond acceptors (Lipinski definition) is 4. The average Bonchev–Trinajstić information content (AvgIpc) is 2.64. The maximum absolute atomic E-state index is 11.5. The highest BCUT2D eigenvalue weighted by atomic mass is 79.9. The van der Waals surface area contributed by atoms with E-state index in [2.05, 4.69) is 21.2 Å². The molecule has 1 aromatic rings. The van der Waals surface area contributed by atoms with E-state index < -0.39 is 6.04 Å². The van der Waals surface area contributed by atoms with Crippen LogP contribution in [0.1, 0.15) is 25.5 Å². The topological polar surface area (TPSA) is 73.6 Å². The van der Waals surface area contributed by atoms with Gasteiger partial charge in [-0.25, -0.2) is 0 Å². The average molecular weight is 329 g/mol. The normalized spacial score (nSPS) is 18.9. The van der Waals surface area contributed by atoms with Crippen LogP contribution in [0.25, 0.3) is 0 Å². The summed E-state index contributed by atoms with van der Waals surface area (Å²) in [6.07, 6.45) is -0.0694. The fourth-order valence-corrected chi connectivity index (χ4v) is 2.37. The van der Waals surface area contributed by atoms with Gasteiger partial charge in [0.25, 0.3) is 0 Å². The number of halogens is 1. The molecule has 2 atom stereocenters. The van der Waals surface area contributed by atoms with Crippen LogP contribution in [0.2, 0.25) is 0 Å². The third-order valence-corrected chi connectivity index (χ3v) is 3.48. The van der Waals surface area contributed by atoms with E-state index in [0.717, 1.165) is 10.0 Å². The second kappa shape index (κ2) is 5.90. The van der Waals surface area contributed by atoms with Crippen LogP contribution in [0.3, 0.4) is 0 Å². The summed E-state index contributed by atoms with van der Waals surface area (Å²) in [6, 6.07) is 2.99. The molecule has 1 amide bonds. The van der Waals surface area contributed by atoms with E-state index in [1.54, 1.807) is 6.07 Å². The molecular formula is C13H17BrN2O3. The number of carbonyl (C=O) groups excluding carboxylic acids is 1. The predicted molar refractivity (Wildman–Crippen MR) is 76.3 cm³/mol. The van der Waals surface area contributed by atoms with E-state index in [4.69, 9.17) is 15.2 Å². The zero-order valence-electron chi connectivity index (χ0n) is 10.9. The number of fused-ring (bicyclic) bond motifs is 1. The molecule has 104 valence electrons. The van der Waals surface area contributed by atoms with Crippen LogP contribution < -0.4 is 15.8 Å². The number of hydrogen-bond donors (Lipinski definition) is 2. The molecule has 2 unspecified atom stereocenters. The van der Waals surface area contributed by atoms with Crippen molar-refractivity contribution in [3.05, 3.63) is 22.2 Å². The minimum atomic E-state index is -0.610. The Balaban J connectivity index is 2.15. The van der Waals surface area contributed by atoms with Crippen LogP contribution in [-0.4, -0.2) is 25.2 Å². The Morgan fingerprint density at radius 1 is 1.53 bits per heavy atom. The van der Waals surface area contributed by atoms with E-state index in [-0.39, 0.29) is 12.0 Å². The number of anilines is 1. The molecule has 19 heavy (non-hydrogen) atoms. The van der Waals surface area contributed by atoms with Gasteiger partial charge in [-0.05, 0) is 35.8 Å². The first-order chi connectivity index (χ1) is 9.02. The molecule has 3 N–H and O–H groups in total. The Kier molecular flexibility index (Phi) is 4.44. The molecule has 0 spiro atoms.